The number of aromatic nitrogens is 5. The lowest BCUT2D eigenvalue weighted by atomic mass is 10.0. The molecule has 0 amide bonds. The van der Waals surface area contributed by atoms with Crippen LogP contribution < -0.4 is 9.80 Å². The van der Waals surface area contributed by atoms with Gasteiger partial charge in [0.2, 0.25) is 0 Å². The number of aryl methyl sites for hydroxylation is 1. The van der Waals surface area contributed by atoms with E-state index in [0.29, 0.717) is 11.9 Å². The lowest BCUT2D eigenvalue weighted by Crippen LogP contribution is -2.47. The van der Waals surface area contributed by atoms with Crippen molar-refractivity contribution in [2.24, 2.45) is 0 Å². The van der Waals surface area contributed by atoms with Crippen molar-refractivity contribution >= 4 is 11.6 Å². The summed E-state index contributed by atoms with van der Waals surface area (Å²) in [5.74, 6) is 2.56. The van der Waals surface area contributed by atoms with E-state index in [-0.39, 0.29) is 0 Å². The highest BCUT2D eigenvalue weighted by molar-refractivity contribution is 5.54. The van der Waals surface area contributed by atoms with Gasteiger partial charge in [-0.05, 0) is 43.5 Å². The Labute approximate surface area is 165 Å². The van der Waals surface area contributed by atoms with Crippen molar-refractivity contribution in [3.8, 4) is 11.5 Å². The first-order chi connectivity index (χ1) is 13.7. The molecule has 1 aliphatic heterocycles. The SMILES string of the molecule is CCc1cc(N(C)C2CCCN(c3cccnn3)C2)nc(-c2ccccn2)n1. The molecule has 0 aliphatic carbocycles. The van der Waals surface area contributed by atoms with Gasteiger partial charge < -0.3 is 9.80 Å². The van der Waals surface area contributed by atoms with Gasteiger partial charge in [-0.2, -0.15) is 5.10 Å². The molecule has 1 aliphatic rings. The summed E-state index contributed by atoms with van der Waals surface area (Å²) in [6.07, 6.45) is 6.59. The van der Waals surface area contributed by atoms with Crippen molar-refractivity contribution in [1.29, 1.82) is 0 Å². The fraction of sp³-hybridized carbons (Fsp3) is 0.381. The van der Waals surface area contributed by atoms with Crippen LogP contribution in [-0.2, 0) is 6.42 Å². The average molecular weight is 375 g/mol. The second-order valence-electron chi connectivity index (χ2n) is 7.04. The molecule has 0 saturated carbocycles. The van der Waals surface area contributed by atoms with Gasteiger partial charge in [0.1, 0.15) is 11.5 Å². The summed E-state index contributed by atoms with van der Waals surface area (Å²) in [7, 11) is 2.12. The molecule has 1 atom stereocenters. The largest absolute Gasteiger partial charge is 0.355 e. The standard InChI is InChI=1S/C21H25N7/c1-3-16-14-20(25-21(24-16)18-9-4-5-11-22-18)27(2)17-8-7-13-28(15-17)19-10-6-12-23-26-19/h4-6,9-12,14,17H,3,7-8,13,15H2,1-2H3. The summed E-state index contributed by atoms with van der Waals surface area (Å²) >= 11 is 0. The minimum absolute atomic E-state index is 0.354. The fourth-order valence-corrected chi connectivity index (χ4v) is 3.58. The smallest absolute Gasteiger partial charge is 0.180 e. The highest BCUT2D eigenvalue weighted by Crippen LogP contribution is 2.25. The van der Waals surface area contributed by atoms with E-state index in [1.807, 2.05) is 30.3 Å². The zero-order valence-corrected chi connectivity index (χ0v) is 16.4. The quantitative estimate of drug-likeness (QED) is 0.679. The van der Waals surface area contributed by atoms with Gasteiger partial charge in [0.05, 0.1) is 0 Å². The summed E-state index contributed by atoms with van der Waals surface area (Å²) in [6, 6.07) is 12.2. The number of hydrogen-bond acceptors (Lipinski definition) is 7. The molecule has 0 N–H and O–H groups in total. The van der Waals surface area contributed by atoms with Crippen molar-refractivity contribution < 1.29 is 0 Å². The molecule has 4 heterocycles. The molecule has 28 heavy (non-hydrogen) atoms. The number of hydrogen-bond donors (Lipinski definition) is 0. The van der Waals surface area contributed by atoms with Crippen LogP contribution in [0.4, 0.5) is 11.6 Å². The monoisotopic (exact) mass is 375 g/mol. The first-order valence-corrected chi connectivity index (χ1v) is 9.79. The third-order valence-corrected chi connectivity index (χ3v) is 5.21. The molecule has 1 unspecified atom stereocenters. The van der Waals surface area contributed by atoms with E-state index in [2.05, 4.69) is 50.0 Å². The Morgan fingerprint density at radius 1 is 1.14 bits per heavy atom. The van der Waals surface area contributed by atoms with E-state index in [1.165, 1.54) is 0 Å². The minimum Gasteiger partial charge on any atom is -0.355 e. The van der Waals surface area contributed by atoms with Gasteiger partial charge in [0.15, 0.2) is 11.6 Å². The average Bonchev–Trinajstić information content (AvgIpc) is 2.79. The maximum absolute atomic E-state index is 4.83. The van der Waals surface area contributed by atoms with Crippen molar-refractivity contribution in [2.75, 3.05) is 29.9 Å². The van der Waals surface area contributed by atoms with Crippen molar-refractivity contribution in [3.63, 3.8) is 0 Å². The van der Waals surface area contributed by atoms with Crippen LogP contribution in [0.5, 0.6) is 0 Å². The molecular formula is C21H25N7. The van der Waals surface area contributed by atoms with E-state index in [1.54, 1.807) is 12.4 Å². The first-order valence-electron chi connectivity index (χ1n) is 9.79. The van der Waals surface area contributed by atoms with Gasteiger partial charge in [0, 0.05) is 50.3 Å². The number of rotatable bonds is 5. The molecule has 7 nitrogen and oxygen atoms in total. The molecule has 0 bridgehead atoms. The van der Waals surface area contributed by atoms with Crippen molar-refractivity contribution in [3.05, 3.63) is 54.5 Å². The van der Waals surface area contributed by atoms with Crippen LogP contribution in [0.3, 0.4) is 0 Å². The van der Waals surface area contributed by atoms with Crippen LogP contribution in [0, 0.1) is 0 Å². The third-order valence-electron chi connectivity index (χ3n) is 5.21. The van der Waals surface area contributed by atoms with Gasteiger partial charge >= 0.3 is 0 Å². The molecule has 3 aromatic rings. The van der Waals surface area contributed by atoms with E-state index >= 15 is 0 Å². The Balaban J connectivity index is 1.59. The summed E-state index contributed by atoms with van der Waals surface area (Å²) in [5.41, 5.74) is 1.83. The molecule has 0 radical (unpaired) electrons. The second-order valence-corrected chi connectivity index (χ2v) is 7.04. The van der Waals surface area contributed by atoms with Crippen molar-refractivity contribution in [1.82, 2.24) is 25.1 Å². The van der Waals surface area contributed by atoms with Crippen LogP contribution >= 0.6 is 0 Å². The maximum Gasteiger partial charge on any atom is 0.180 e. The third kappa shape index (κ3) is 3.93. The maximum atomic E-state index is 4.83. The Morgan fingerprint density at radius 2 is 2.07 bits per heavy atom. The Morgan fingerprint density at radius 3 is 2.82 bits per heavy atom. The van der Waals surface area contributed by atoms with Gasteiger partial charge in [-0.15, -0.1) is 5.10 Å². The minimum atomic E-state index is 0.354. The molecule has 144 valence electrons. The molecule has 1 saturated heterocycles. The topological polar surface area (TPSA) is 70.9 Å². The van der Waals surface area contributed by atoms with E-state index in [4.69, 9.17) is 4.98 Å². The second kappa shape index (κ2) is 8.29. The number of anilines is 2. The lowest BCUT2D eigenvalue weighted by Gasteiger charge is -2.38. The number of pyridine rings is 1. The highest BCUT2D eigenvalue weighted by Gasteiger charge is 2.25. The van der Waals surface area contributed by atoms with Crippen molar-refractivity contribution in [2.45, 2.75) is 32.2 Å². The van der Waals surface area contributed by atoms with Gasteiger partial charge in [0.25, 0.3) is 0 Å². The highest BCUT2D eigenvalue weighted by atomic mass is 15.3. The molecule has 3 aromatic heterocycles. The van der Waals surface area contributed by atoms with E-state index in [0.717, 1.165) is 55.4 Å². The Kier molecular flexibility index (Phi) is 5.41. The summed E-state index contributed by atoms with van der Waals surface area (Å²) in [4.78, 5) is 18.5. The summed E-state index contributed by atoms with van der Waals surface area (Å²) in [6.45, 7) is 4.02. The molecule has 7 heteroatoms. The normalized spacial score (nSPS) is 16.8. The number of likely N-dealkylation sites (N-methyl/N-ethyl adjacent to an activating group) is 1. The number of piperidine rings is 1. The lowest BCUT2D eigenvalue weighted by molar-refractivity contribution is 0.482. The first kappa shape index (κ1) is 18.3. The van der Waals surface area contributed by atoms with Crippen LogP contribution in [0.15, 0.2) is 48.8 Å². The molecule has 4 rings (SSSR count). The predicted molar refractivity (Wildman–Crippen MR) is 110 cm³/mol. The van der Waals surface area contributed by atoms with Crippen LogP contribution in [-0.4, -0.2) is 51.3 Å². The molecule has 0 spiro atoms. The molecule has 0 aromatic carbocycles. The molecule has 1 fully saturated rings. The zero-order chi connectivity index (χ0) is 19.3. The van der Waals surface area contributed by atoms with E-state index < -0.39 is 0 Å². The molecular weight excluding hydrogens is 350 g/mol. The van der Waals surface area contributed by atoms with Crippen LogP contribution in [0.1, 0.15) is 25.5 Å². The predicted octanol–water partition coefficient (Wildman–Crippen LogP) is 3.00. The Hall–Kier alpha value is -3.09. The van der Waals surface area contributed by atoms with Gasteiger partial charge in [-0.3, -0.25) is 4.98 Å². The summed E-state index contributed by atoms with van der Waals surface area (Å²) < 4.78 is 0. The summed E-state index contributed by atoms with van der Waals surface area (Å²) in [5, 5.41) is 8.30. The fourth-order valence-electron chi connectivity index (χ4n) is 3.58. The van der Waals surface area contributed by atoms with Crippen LogP contribution in [0.2, 0.25) is 0 Å². The van der Waals surface area contributed by atoms with Gasteiger partial charge in [-0.25, -0.2) is 9.97 Å². The zero-order valence-electron chi connectivity index (χ0n) is 16.4. The number of nitrogens with zero attached hydrogens (tertiary/aromatic N) is 7. The van der Waals surface area contributed by atoms with Gasteiger partial charge in [-0.1, -0.05) is 13.0 Å². The Bertz CT molecular complexity index is 901. The van der Waals surface area contributed by atoms with E-state index in [9.17, 15) is 0 Å². The van der Waals surface area contributed by atoms with Crippen LogP contribution in [0.25, 0.3) is 11.5 Å².